The molecule has 2 aromatic rings. The zero-order valence-corrected chi connectivity index (χ0v) is 16.8. The van der Waals surface area contributed by atoms with E-state index in [4.69, 9.17) is 4.52 Å². The smallest absolute Gasteiger partial charge is 0.231 e. The Balaban J connectivity index is 1.29. The van der Waals surface area contributed by atoms with Gasteiger partial charge < -0.3 is 14.9 Å². The largest absolute Gasteiger partial charge is 0.373 e. The van der Waals surface area contributed by atoms with E-state index in [9.17, 15) is 5.11 Å². The Hall–Kier alpha value is -1.92. The topological polar surface area (TPSA) is 74.4 Å². The first-order valence-corrected chi connectivity index (χ1v) is 10.7. The normalized spacial score (nSPS) is 33.0. The molecule has 1 saturated heterocycles. The number of aryl methyl sites for hydroxylation is 2. The second-order valence-electron chi connectivity index (χ2n) is 9.00. The first-order valence-electron chi connectivity index (χ1n) is 10.7. The molecule has 2 fully saturated rings. The average molecular weight is 383 g/mol. The van der Waals surface area contributed by atoms with Gasteiger partial charge in [-0.25, -0.2) is 0 Å². The first kappa shape index (κ1) is 18.1. The molecule has 1 aromatic carbocycles. The Labute approximate surface area is 166 Å². The van der Waals surface area contributed by atoms with Crippen LogP contribution in [-0.2, 0) is 5.41 Å². The maximum atomic E-state index is 10.9. The summed E-state index contributed by atoms with van der Waals surface area (Å²) in [6.07, 6.45) is 6.15. The van der Waals surface area contributed by atoms with Gasteiger partial charge in [0, 0.05) is 23.7 Å². The Morgan fingerprint density at radius 1 is 1.21 bits per heavy atom. The van der Waals surface area contributed by atoms with Crippen LogP contribution in [0, 0.1) is 13.8 Å². The van der Waals surface area contributed by atoms with Crippen LogP contribution < -0.4 is 5.32 Å². The van der Waals surface area contributed by atoms with Gasteiger partial charge in [-0.05, 0) is 70.5 Å². The van der Waals surface area contributed by atoms with Gasteiger partial charge in [-0.2, -0.15) is 4.98 Å². The summed E-state index contributed by atoms with van der Waals surface area (Å²) in [4.78, 5) is 7.10. The molecule has 6 heteroatoms. The lowest BCUT2D eigenvalue weighted by atomic mass is 9.67. The number of piperidine rings is 1. The van der Waals surface area contributed by atoms with Crippen molar-refractivity contribution < 1.29 is 9.63 Å². The highest BCUT2D eigenvalue weighted by Gasteiger charge is 2.49. The van der Waals surface area contributed by atoms with Gasteiger partial charge in [-0.1, -0.05) is 22.9 Å². The molecular formula is C22H30N4O2. The van der Waals surface area contributed by atoms with Crippen molar-refractivity contribution in [3.8, 4) is 0 Å². The van der Waals surface area contributed by atoms with Gasteiger partial charge in [0.2, 0.25) is 5.89 Å². The second-order valence-corrected chi connectivity index (χ2v) is 9.00. The van der Waals surface area contributed by atoms with E-state index in [1.54, 1.807) is 0 Å². The molecule has 1 aromatic heterocycles. The Morgan fingerprint density at radius 2 is 2.04 bits per heavy atom. The van der Waals surface area contributed by atoms with Crippen molar-refractivity contribution in [2.75, 3.05) is 18.4 Å². The van der Waals surface area contributed by atoms with Crippen molar-refractivity contribution in [1.82, 2.24) is 15.0 Å². The molecule has 2 aliphatic heterocycles. The number of hydrogen-bond donors (Lipinski definition) is 2. The number of fused-ring (bicyclic) bond motifs is 2. The van der Waals surface area contributed by atoms with Crippen molar-refractivity contribution in [2.24, 2.45) is 0 Å². The fraction of sp³-hybridized carbons (Fsp3) is 0.636. The van der Waals surface area contributed by atoms with Gasteiger partial charge in [0.25, 0.3) is 0 Å². The minimum Gasteiger partial charge on any atom is -0.373 e. The first-order chi connectivity index (χ1) is 13.5. The molecule has 0 radical (unpaired) electrons. The summed E-state index contributed by atoms with van der Waals surface area (Å²) in [6, 6.07) is 7.10. The Bertz CT molecular complexity index is 856. The molecule has 0 amide bonds. The Morgan fingerprint density at radius 3 is 2.79 bits per heavy atom. The van der Waals surface area contributed by atoms with Crippen LogP contribution >= 0.6 is 0 Å². The number of aromatic nitrogens is 2. The molecule has 3 aliphatic rings. The van der Waals surface area contributed by atoms with E-state index in [0.29, 0.717) is 12.0 Å². The van der Waals surface area contributed by atoms with E-state index in [2.05, 4.69) is 45.5 Å². The van der Waals surface area contributed by atoms with Gasteiger partial charge in [-0.15, -0.1) is 0 Å². The van der Waals surface area contributed by atoms with Crippen LogP contribution in [0.5, 0.6) is 0 Å². The van der Waals surface area contributed by atoms with Crippen LogP contribution in [0.4, 0.5) is 5.69 Å². The number of nitrogens with one attached hydrogen (secondary N) is 1. The van der Waals surface area contributed by atoms with Crippen molar-refractivity contribution in [2.45, 2.75) is 76.0 Å². The molecule has 2 N–H and O–H groups in total. The summed E-state index contributed by atoms with van der Waals surface area (Å²) in [7, 11) is 0. The fourth-order valence-corrected chi connectivity index (χ4v) is 5.67. The molecule has 6 nitrogen and oxygen atoms in total. The number of anilines is 1. The summed E-state index contributed by atoms with van der Waals surface area (Å²) in [5.41, 5.74) is 3.57. The lowest BCUT2D eigenvalue weighted by Gasteiger charge is -2.45. The van der Waals surface area contributed by atoms with Crippen LogP contribution in [0.2, 0.25) is 0 Å². The molecule has 5 rings (SSSR count). The molecule has 28 heavy (non-hydrogen) atoms. The lowest BCUT2D eigenvalue weighted by Crippen LogP contribution is -2.49. The minimum atomic E-state index is -0.472. The molecule has 0 bridgehead atoms. The summed E-state index contributed by atoms with van der Waals surface area (Å²) in [5, 5.41) is 18.2. The zero-order chi connectivity index (χ0) is 19.3. The zero-order valence-electron chi connectivity index (χ0n) is 16.8. The SMILES string of the molecule is Cc1ccc2c(c1)C1(CCC(N3CCC[C@@H](c4nc(C)no4)C3)CC1)C(O)N2. The van der Waals surface area contributed by atoms with Crippen LogP contribution in [0.25, 0.3) is 0 Å². The summed E-state index contributed by atoms with van der Waals surface area (Å²) < 4.78 is 5.45. The summed E-state index contributed by atoms with van der Waals surface area (Å²) in [6.45, 7) is 6.18. The predicted octanol–water partition coefficient (Wildman–Crippen LogP) is 3.49. The van der Waals surface area contributed by atoms with E-state index in [1.807, 2.05) is 6.92 Å². The minimum absolute atomic E-state index is 0.128. The molecule has 2 atom stereocenters. The molecule has 3 heterocycles. The van der Waals surface area contributed by atoms with Crippen molar-refractivity contribution >= 4 is 5.69 Å². The Kier molecular flexibility index (Phi) is 4.43. The molecule has 1 unspecified atom stereocenters. The van der Waals surface area contributed by atoms with E-state index in [-0.39, 0.29) is 5.41 Å². The molecule has 1 saturated carbocycles. The number of rotatable bonds is 2. The summed E-state index contributed by atoms with van der Waals surface area (Å²) in [5.74, 6) is 1.88. The highest BCUT2D eigenvalue weighted by Crippen LogP contribution is 2.50. The van der Waals surface area contributed by atoms with Crippen molar-refractivity contribution in [3.63, 3.8) is 0 Å². The van der Waals surface area contributed by atoms with Gasteiger partial charge in [0.05, 0.1) is 5.92 Å². The van der Waals surface area contributed by atoms with Crippen molar-refractivity contribution in [3.05, 3.63) is 41.0 Å². The van der Waals surface area contributed by atoms with Crippen LogP contribution in [0.15, 0.2) is 22.7 Å². The number of aliphatic hydroxyl groups is 1. The average Bonchev–Trinajstić information content (AvgIpc) is 3.25. The maximum absolute atomic E-state index is 10.9. The highest BCUT2D eigenvalue weighted by molar-refractivity contribution is 5.62. The van der Waals surface area contributed by atoms with Gasteiger partial charge >= 0.3 is 0 Å². The highest BCUT2D eigenvalue weighted by atomic mass is 16.5. The van der Waals surface area contributed by atoms with Crippen LogP contribution in [0.3, 0.4) is 0 Å². The number of benzene rings is 1. The number of likely N-dealkylation sites (tertiary alicyclic amines) is 1. The summed E-state index contributed by atoms with van der Waals surface area (Å²) >= 11 is 0. The maximum Gasteiger partial charge on any atom is 0.231 e. The third-order valence-electron chi connectivity index (χ3n) is 7.24. The number of hydrogen-bond acceptors (Lipinski definition) is 6. The fourth-order valence-electron chi connectivity index (χ4n) is 5.67. The van der Waals surface area contributed by atoms with E-state index < -0.39 is 6.23 Å². The predicted molar refractivity (Wildman–Crippen MR) is 107 cm³/mol. The third-order valence-corrected chi connectivity index (χ3v) is 7.24. The molecule has 1 aliphatic carbocycles. The molecule has 150 valence electrons. The van der Waals surface area contributed by atoms with E-state index in [1.165, 1.54) is 17.5 Å². The van der Waals surface area contributed by atoms with Crippen LogP contribution in [0.1, 0.15) is 67.3 Å². The lowest BCUT2D eigenvalue weighted by molar-refractivity contribution is 0.0420. The second kappa shape index (κ2) is 6.85. The molecular weight excluding hydrogens is 352 g/mol. The van der Waals surface area contributed by atoms with E-state index in [0.717, 1.165) is 62.6 Å². The number of aliphatic hydroxyl groups excluding tert-OH is 1. The monoisotopic (exact) mass is 382 g/mol. The van der Waals surface area contributed by atoms with Crippen LogP contribution in [-0.4, -0.2) is 45.5 Å². The van der Waals surface area contributed by atoms with Gasteiger partial charge in [-0.3, -0.25) is 4.90 Å². The third kappa shape index (κ3) is 2.94. The standard InChI is InChI=1S/C22H30N4O2/c1-14-5-6-19-18(12-14)22(21(27)24-19)9-7-17(8-10-22)26-11-3-4-16(13-26)20-23-15(2)25-28-20/h5-6,12,16-17,21,24,27H,3-4,7-11,13H2,1-2H3/t16-,17?,21?,22?/m1/s1. The quantitative estimate of drug-likeness (QED) is 0.828. The molecule has 1 spiro atoms. The van der Waals surface area contributed by atoms with Crippen molar-refractivity contribution in [1.29, 1.82) is 0 Å². The number of nitrogens with zero attached hydrogens (tertiary/aromatic N) is 3. The van der Waals surface area contributed by atoms with Gasteiger partial charge in [0.1, 0.15) is 6.23 Å². The van der Waals surface area contributed by atoms with Gasteiger partial charge in [0.15, 0.2) is 5.82 Å². The van der Waals surface area contributed by atoms with E-state index >= 15 is 0 Å².